The molecule has 0 bridgehead atoms. The van der Waals surface area contributed by atoms with Crippen LogP contribution in [0, 0.1) is 5.92 Å². The average molecular weight is 468 g/mol. The largest absolute Gasteiger partial charge is 0.326 e. The molecule has 30 heavy (non-hydrogen) atoms. The first-order valence-corrected chi connectivity index (χ1v) is 10.9. The first-order chi connectivity index (χ1) is 14.5. The van der Waals surface area contributed by atoms with E-state index in [-0.39, 0.29) is 23.6 Å². The van der Waals surface area contributed by atoms with Gasteiger partial charge >= 0.3 is 5.69 Å². The van der Waals surface area contributed by atoms with Gasteiger partial charge in [0.15, 0.2) is 0 Å². The Hall–Kier alpha value is -2.87. The molecule has 2 heterocycles. The summed E-state index contributed by atoms with van der Waals surface area (Å²) in [6.45, 7) is 0. The zero-order valence-corrected chi connectivity index (χ0v) is 18.1. The van der Waals surface area contributed by atoms with Crippen LogP contribution >= 0.6 is 15.9 Å². The number of para-hydroxylation sites is 3. The number of nitrogens with one attached hydrogen (secondary N) is 2. The molecule has 154 valence electrons. The van der Waals surface area contributed by atoms with Crippen LogP contribution in [0.1, 0.15) is 31.7 Å². The molecule has 0 spiro atoms. The first-order valence-electron chi connectivity index (χ1n) is 10.1. The van der Waals surface area contributed by atoms with E-state index in [1.165, 1.54) is 0 Å². The third kappa shape index (κ3) is 3.15. The fourth-order valence-electron chi connectivity index (χ4n) is 4.54. The molecule has 1 amide bonds. The third-order valence-electron chi connectivity index (χ3n) is 6.16. The number of hydrogen-bond donors (Lipinski definition) is 2. The maximum absolute atomic E-state index is 12.9. The standard InChI is InChI=1S/C22H22BrN5O2/c1-27-17-7-3-2-6-16(17)24-21(27)26-20(29)13-9-11-14(12-10-13)28-18-8-4-5-15(23)19(18)25-22(28)30/h2-8,13-14H,9-12H2,1H3,(H,25,30)(H,24,26,29). The molecule has 1 aliphatic rings. The number of H-pyrrole nitrogens is 1. The van der Waals surface area contributed by atoms with E-state index in [0.29, 0.717) is 5.95 Å². The number of aryl methyl sites for hydroxylation is 1. The smallest absolute Gasteiger partial charge is 0.313 e. The lowest BCUT2D eigenvalue weighted by atomic mass is 9.85. The van der Waals surface area contributed by atoms with Gasteiger partial charge in [-0.25, -0.2) is 9.78 Å². The summed E-state index contributed by atoms with van der Waals surface area (Å²) in [7, 11) is 1.91. The molecule has 4 aromatic rings. The highest BCUT2D eigenvalue weighted by molar-refractivity contribution is 9.10. The SMILES string of the molecule is Cn1c(NC(=O)C2CCC(n3c(=O)[nH]c4c(Br)cccc43)CC2)nc2ccccc21. The molecule has 7 nitrogen and oxygen atoms in total. The van der Waals surface area contributed by atoms with Crippen LogP contribution in [0.15, 0.2) is 51.7 Å². The van der Waals surface area contributed by atoms with Crippen LogP contribution in [0.2, 0.25) is 0 Å². The summed E-state index contributed by atoms with van der Waals surface area (Å²) in [6.07, 6.45) is 3.07. The van der Waals surface area contributed by atoms with E-state index in [4.69, 9.17) is 0 Å². The summed E-state index contributed by atoms with van der Waals surface area (Å²) in [5, 5.41) is 3.00. The number of benzene rings is 2. The van der Waals surface area contributed by atoms with Gasteiger partial charge in [0, 0.05) is 23.5 Å². The number of halogens is 1. The number of amides is 1. The lowest BCUT2D eigenvalue weighted by molar-refractivity contribution is -0.121. The lowest BCUT2D eigenvalue weighted by Gasteiger charge is -2.28. The Balaban J connectivity index is 1.31. The normalized spacial score (nSPS) is 19.4. The van der Waals surface area contributed by atoms with Gasteiger partial charge in [-0.05, 0) is 65.9 Å². The van der Waals surface area contributed by atoms with Crippen LogP contribution in [0.4, 0.5) is 5.95 Å². The second kappa shape index (κ2) is 7.43. The molecule has 8 heteroatoms. The number of carbonyl (C=O) groups excluding carboxylic acids is 1. The van der Waals surface area contributed by atoms with Crippen LogP contribution in [0.5, 0.6) is 0 Å². The van der Waals surface area contributed by atoms with Gasteiger partial charge in [-0.1, -0.05) is 18.2 Å². The second-order valence-corrected chi connectivity index (χ2v) is 8.77. The summed E-state index contributed by atoms with van der Waals surface area (Å²) in [4.78, 5) is 32.9. The third-order valence-corrected chi connectivity index (χ3v) is 6.82. The summed E-state index contributed by atoms with van der Waals surface area (Å²) >= 11 is 3.50. The van der Waals surface area contributed by atoms with E-state index < -0.39 is 0 Å². The van der Waals surface area contributed by atoms with Gasteiger partial charge in [0.05, 0.1) is 22.1 Å². The van der Waals surface area contributed by atoms with Gasteiger partial charge < -0.3 is 9.55 Å². The number of anilines is 1. The number of fused-ring (bicyclic) bond motifs is 2. The summed E-state index contributed by atoms with van der Waals surface area (Å²) < 4.78 is 4.63. The van der Waals surface area contributed by atoms with Crippen molar-refractivity contribution in [2.75, 3.05) is 5.32 Å². The van der Waals surface area contributed by atoms with Crippen molar-refractivity contribution in [2.24, 2.45) is 13.0 Å². The average Bonchev–Trinajstić information content (AvgIpc) is 3.26. The molecule has 0 saturated heterocycles. The Labute approximate surface area is 181 Å². The Kier molecular flexibility index (Phi) is 4.73. The molecule has 2 aromatic heterocycles. The molecule has 0 atom stereocenters. The van der Waals surface area contributed by atoms with Crippen LogP contribution in [0.25, 0.3) is 22.1 Å². The highest BCUT2D eigenvalue weighted by Crippen LogP contribution is 2.34. The molecule has 1 aliphatic carbocycles. The van der Waals surface area contributed by atoms with E-state index in [2.05, 4.69) is 31.2 Å². The fourth-order valence-corrected chi connectivity index (χ4v) is 5.00. The maximum atomic E-state index is 12.9. The van der Waals surface area contributed by atoms with Crippen LogP contribution < -0.4 is 11.0 Å². The van der Waals surface area contributed by atoms with Gasteiger partial charge in [-0.15, -0.1) is 0 Å². The molecule has 1 fully saturated rings. The highest BCUT2D eigenvalue weighted by atomic mass is 79.9. The maximum Gasteiger partial charge on any atom is 0.326 e. The first kappa shape index (κ1) is 19.1. The predicted octanol–water partition coefficient (Wildman–Crippen LogP) is 4.35. The van der Waals surface area contributed by atoms with Crippen LogP contribution in [-0.2, 0) is 11.8 Å². The quantitative estimate of drug-likeness (QED) is 0.469. The van der Waals surface area contributed by atoms with Crippen molar-refractivity contribution in [3.8, 4) is 0 Å². The molecule has 0 aliphatic heterocycles. The molecular formula is C22H22BrN5O2. The van der Waals surface area contributed by atoms with Gasteiger partial charge in [0.25, 0.3) is 0 Å². The molecule has 2 aromatic carbocycles. The highest BCUT2D eigenvalue weighted by Gasteiger charge is 2.29. The Morgan fingerprint density at radius 2 is 1.83 bits per heavy atom. The molecule has 5 rings (SSSR count). The summed E-state index contributed by atoms with van der Waals surface area (Å²) in [6, 6.07) is 13.7. The van der Waals surface area contributed by atoms with Crippen LogP contribution in [-0.4, -0.2) is 25.0 Å². The van der Waals surface area contributed by atoms with Crippen molar-refractivity contribution in [3.05, 3.63) is 57.4 Å². The number of rotatable bonds is 3. The molecule has 0 unspecified atom stereocenters. The Morgan fingerprint density at radius 3 is 2.60 bits per heavy atom. The Morgan fingerprint density at radius 1 is 1.10 bits per heavy atom. The zero-order valence-electron chi connectivity index (χ0n) is 16.6. The number of carbonyl (C=O) groups is 1. The van der Waals surface area contributed by atoms with Crippen molar-refractivity contribution < 1.29 is 4.79 Å². The topological polar surface area (TPSA) is 84.7 Å². The Bertz CT molecular complexity index is 1310. The van der Waals surface area contributed by atoms with Crippen LogP contribution in [0.3, 0.4) is 0 Å². The van der Waals surface area contributed by atoms with E-state index in [1.54, 1.807) is 0 Å². The van der Waals surface area contributed by atoms with Crippen molar-refractivity contribution >= 4 is 49.9 Å². The number of hydrogen-bond acceptors (Lipinski definition) is 3. The summed E-state index contributed by atoms with van der Waals surface area (Å²) in [5.41, 5.74) is 3.49. The van der Waals surface area contributed by atoms with Gasteiger partial charge in [0.1, 0.15) is 0 Å². The number of nitrogens with zero attached hydrogens (tertiary/aromatic N) is 3. The van der Waals surface area contributed by atoms with Crippen molar-refractivity contribution in [1.29, 1.82) is 0 Å². The lowest BCUT2D eigenvalue weighted by Crippen LogP contribution is -2.31. The van der Waals surface area contributed by atoms with E-state index in [0.717, 1.165) is 52.2 Å². The second-order valence-electron chi connectivity index (χ2n) is 7.91. The number of aromatic nitrogens is 4. The van der Waals surface area contributed by atoms with Gasteiger partial charge in [-0.3, -0.25) is 14.7 Å². The summed E-state index contributed by atoms with van der Waals surface area (Å²) in [5.74, 6) is 0.496. The minimum Gasteiger partial charge on any atom is -0.313 e. The minimum absolute atomic E-state index is 0.000809. The molecule has 0 radical (unpaired) electrons. The predicted molar refractivity (Wildman–Crippen MR) is 121 cm³/mol. The zero-order chi connectivity index (χ0) is 20.8. The van der Waals surface area contributed by atoms with E-state index >= 15 is 0 Å². The van der Waals surface area contributed by atoms with Crippen molar-refractivity contribution in [1.82, 2.24) is 19.1 Å². The van der Waals surface area contributed by atoms with Gasteiger partial charge in [0.2, 0.25) is 11.9 Å². The van der Waals surface area contributed by atoms with Gasteiger partial charge in [-0.2, -0.15) is 0 Å². The van der Waals surface area contributed by atoms with E-state index in [1.807, 2.05) is 58.6 Å². The number of aromatic amines is 1. The number of imidazole rings is 2. The monoisotopic (exact) mass is 467 g/mol. The van der Waals surface area contributed by atoms with E-state index in [9.17, 15) is 9.59 Å². The molecule has 2 N–H and O–H groups in total. The molecular weight excluding hydrogens is 446 g/mol. The fraction of sp³-hybridized carbons (Fsp3) is 0.318. The van der Waals surface area contributed by atoms with Crippen molar-refractivity contribution in [3.63, 3.8) is 0 Å². The minimum atomic E-state index is -0.0931. The molecule has 1 saturated carbocycles. The van der Waals surface area contributed by atoms with Crippen molar-refractivity contribution in [2.45, 2.75) is 31.7 Å².